The number of carboxylic acid groups (broad SMARTS) is 1. The molecule has 0 radical (unpaired) electrons. The Morgan fingerprint density at radius 1 is 1.30 bits per heavy atom. The lowest BCUT2D eigenvalue weighted by molar-refractivity contribution is 0.102. The van der Waals surface area contributed by atoms with Gasteiger partial charge in [0.25, 0.3) is 0 Å². The molecule has 1 aliphatic rings. The highest BCUT2D eigenvalue weighted by molar-refractivity contribution is 5.84. The quantitative estimate of drug-likeness (QED) is 0.586. The molecule has 1 atom stereocenters. The summed E-state index contributed by atoms with van der Waals surface area (Å²) in [7, 11) is 1.80. The number of nitrogens with zero attached hydrogens (tertiary/aromatic N) is 5. The molecule has 2 amide bonds. The predicted octanol–water partition coefficient (Wildman–Crippen LogP) is 2.25. The van der Waals surface area contributed by atoms with E-state index in [1.807, 2.05) is 6.07 Å². The molecule has 2 N–H and O–H groups in total. The minimum atomic E-state index is -1.01. The molecule has 2 aromatic heterocycles. The normalized spacial score (nSPS) is 15.4. The van der Waals surface area contributed by atoms with Crippen molar-refractivity contribution in [2.45, 2.75) is 25.3 Å². The summed E-state index contributed by atoms with van der Waals surface area (Å²) in [5.74, 6) is 0. The van der Waals surface area contributed by atoms with Crippen LogP contribution in [0.1, 0.15) is 24.1 Å². The van der Waals surface area contributed by atoms with Crippen LogP contribution in [0.4, 0.5) is 15.3 Å². The van der Waals surface area contributed by atoms with Gasteiger partial charge >= 0.3 is 12.2 Å². The van der Waals surface area contributed by atoms with Gasteiger partial charge in [0.2, 0.25) is 5.43 Å². The first-order valence-corrected chi connectivity index (χ1v) is 10.5. The molecular weight excluding hydrogens is 428 g/mol. The van der Waals surface area contributed by atoms with Gasteiger partial charge in [0.05, 0.1) is 18.4 Å². The molecular formula is C22H24N6O5. The Morgan fingerprint density at radius 3 is 2.91 bits per heavy atom. The third kappa shape index (κ3) is 5.37. The molecule has 1 saturated heterocycles. The molecule has 11 heteroatoms. The maximum atomic E-state index is 12.3. The Morgan fingerprint density at radius 2 is 2.15 bits per heavy atom. The van der Waals surface area contributed by atoms with Crippen LogP contribution < -0.4 is 10.7 Å². The first-order valence-electron chi connectivity index (χ1n) is 10.5. The second-order valence-electron chi connectivity index (χ2n) is 7.82. The zero-order chi connectivity index (χ0) is 23.4. The average Bonchev–Trinajstić information content (AvgIpc) is 3.43. The van der Waals surface area contributed by atoms with E-state index >= 15 is 0 Å². The van der Waals surface area contributed by atoms with Crippen LogP contribution in [-0.4, -0.2) is 60.9 Å². The van der Waals surface area contributed by atoms with E-state index in [0.29, 0.717) is 24.3 Å². The van der Waals surface area contributed by atoms with E-state index in [4.69, 9.17) is 4.74 Å². The van der Waals surface area contributed by atoms with Crippen LogP contribution in [0.25, 0.3) is 5.69 Å². The summed E-state index contributed by atoms with van der Waals surface area (Å²) in [6.45, 7) is 0.447. The fourth-order valence-corrected chi connectivity index (χ4v) is 3.78. The second kappa shape index (κ2) is 9.55. The lowest BCUT2D eigenvalue weighted by atomic mass is 10.1. The summed E-state index contributed by atoms with van der Waals surface area (Å²) >= 11 is 0. The third-order valence-electron chi connectivity index (χ3n) is 5.41. The summed E-state index contributed by atoms with van der Waals surface area (Å²) < 4.78 is 8.46. The van der Waals surface area contributed by atoms with Crippen molar-refractivity contribution in [3.63, 3.8) is 0 Å². The number of hydrogen-bond acceptors (Lipinski definition) is 6. The summed E-state index contributed by atoms with van der Waals surface area (Å²) in [5.41, 5.74) is 2.20. The first kappa shape index (κ1) is 22.1. The van der Waals surface area contributed by atoms with Crippen LogP contribution in [0.5, 0.6) is 0 Å². The molecule has 172 valence electrons. The minimum Gasteiger partial charge on any atom is -0.465 e. The number of carbonyl (C=O) groups excluding carboxylic acids is 1. The smallest absolute Gasteiger partial charge is 0.411 e. The Kier molecular flexibility index (Phi) is 6.38. The van der Waals surface area contributed by atoms with Crippen molar-refractivity contribution < 1.29 is 19.4 Å². The number of anilines is 1. The number of hydrogen-bond donors (Lipinski definition) is 2. The van der Waals surface area contributed by atoms with Crippen molar-refractivity contribution in [1.82, 2.24) is 24.5 Å². The van der Waals surface area contributed by atoms with Gasteiger partial charge in [0.1, 0.15) is 18.0 Å². The van der Waals surface area contributed by atoms with Gasteiger partial charge in [-0.1, -0.05) is 12.1 Å². The van der Waals surface area contributed by atoms with Gasteiger partial charge < -0.3 is 14.7 Å². The van der Waals surface area contributed by atoms with Crippen molar-refractivity contribution in [3.8, 4) is 5.69 Å². The minimum absolute atomic E-state index is 0.000353. The topological polar surface area (TPSA) is 132 Å². The summed E-state index contributed by atoms with van der Waals surface area (Å²) in [4.78, 5) is 37.0. The SMILES string of the molecule is Cn1cc(-n2ccc(=O)c(Cc3cccc(NC(=O)OC[C@H]4CCCN4C(=O)O)c3)n2)cn1. The van der Waals surface area contributed by atoms with E-state index in [1.165, 1.54) is 11.0 Å². The summed E-state index contributed by atoms with van der Waals surface area (Å²) in [6, 6.07) is 8.17. The van der Waals surface area contributed by atoms with Crippen LogP contribution in [0.15, 0.2) is 53.7 Å². The molecule has 4 rings (SSSR count). The van der Waals surface area contributed by atoms with E-state index in [9.17, 15) is 19.5 Å². The van der Waals surface area contributed by atoms with Gasteiger partial charge in [-0.05, 0) is 30.5 Å². The van der Waals surface area contributed by atoms with E-state index in [1.54, 1.807) is 53.2 Å². The van der Waals surface area contributed by atoms with Gasteiger partial charge in [0, 0.05) is 38.0 Å². The van der Waals surface area contributed by atoms with Gasteiger partial charge in [0.15, 0.2) is 0 Å². The molecule has 1 aromatic carbocycles. The number of benzene rings is 1. The maximum absolute atomic E-state index is 12.3. The Hall–Kier alpha value is -4.15. The molecule has 0 saturated carbocycles. The molecule has 3 heterocycles. The van der Waals surface area contributed by atoms with Crippen LogP contribution >= 0.6 is 0 Å². The highest BCUT2D eigenvalue weighted by Crippen LogP contribution is 2.18. The standard InChI is InChI=1S/C22H24N6O5/c1-26-13-18(12-23-26)28-9-7-20(29)19(25-28)11-15-4-2-5-16(10-15)24-21(30)33-14-17-6-3-8-27(17)22(31)32/h2,4-5,7,9-10,12-13,17H,3,6,8,11,14H2,1H3,(H,24,30)(H,31,32)/t17-/m1/s1. The van der Waals surface area contributed by atoms with Gasteiger partial charge in [-0.2, -0.15) is 10.2 Å². The van der Waals surface area contributed by atoms with Crippen molar-refractivity contribution in [1.29, 1.82) is 0 Å². The highest BCUT2D eigenvalue weighted by atomic mass is 16.5. The van der Waals surface area contributed by atoms with Gasteiger partial charge in [-0.25, -0.2) is 14.3 Å². The monoisotopic (exact) mass is 452 g/mol. The van der Waals surface area contributed by atoms with E-state index < -0.39 is 12.2 Å². The number of aromatic nitrogens is 4. The fourth-order valence-electron chi connectivity index (χ4n) is 3.78. The molecule has 0 aliphatic carbocycles. The first-order chi connectivity index (χ1) is 15.9. The number of likely N-dealkylation sites (tertiary alicyclic amines) is 1. The Labute approximate surface area is 189 Å². The molecule has 0 unspecified atom stereocenters. The number of nitrogens with one attached hydrogen (secondary N) is 1. The number of ether oxygens (including phenoxy) is 1. The number of rotatable bonds is 6. The largest absolute Gasteiger partial charge is 0.465 e. The Bertz CT molecular complexity index is 1220. The van der Waals surface area contributed by atoms with Crippen molar-refractivity contribution in [2.75, 3.05) is 18.5 Å². The van der Waals surface area contributed by atoms with Gasteiger partial charge in [-0.3, -0.25) is 14.8 Å². The van der Waals surface area contributed by atoms with Crippen molar-refractivity contribution in [2.24, 2.45) is 7.05 Å². The van der Waals surface area contributed by atoms with E-state index in [-0.39, 0.29) is 24.5 Å². The number of aryl methyl sites for hydroxylation is 1. The molecule has 0 spiro atoms. The van der Waals surface area contributed by atoms with E-state index in [2.05, 4.69) is 15.5 Å². The summed E-state index contributed by atoms with van der Waals surface area (Å²) in [6.07, 6.45) is 5.05. The molecule has 1 fully saturated rings. The molecule has 33 heavy (non-hydrogen) atoms. The number of carbonyl (C=O) groups is 2. The van der Waals surface area contributed by atoms with E-state index in [0.717, 1.165) is 17.7 Å². The zero-order valence-electron chi connectivity index (χ0n) is 18.0. The number of amides is 2. The van der Waals surface area contributed by atoms with Crippen LogP contribution in [0.2, 0.25) is 0 Å². The lowest BCUT2D eigenvalue weighted by Crippen LogP contribution is -2.38. The van der Waals surface area contributed by atoms with Crippen LogP contribution in [0, 0.1) is 0 Å². The maximum Gasteiger partial charge on any atom is 0.411 e. The zero-order valence-corrected chi connectivity index (χ0v) is 18.0. The fraction of sp³-hybridized carbons (Fsp3) is 0.318. The van der Waals surface area contributed by atoms with Crippen molar-refractivity contribution in [3.05, 3.63) is 70.4 Å². The van der Waals surface area contributed by atoms with Crippen molar-refractivity contribution >= 4 is 17.9 Å². The van der Waals surface area contributed by atoms with Crippen LogP contribution in [0.3, 0.4) is 0 Å². The predicted molar refractivity (Wildman–Crippen MR) is 119 cm³/mol. The second-order valence-corrected chi connectivity index (χ2v) is 7.82. The molecule has 3 aromatic rings. The lowest BCUT2D eigenvalue weighted by Gasteiger charge is -2.21. The third-order valence-corrected chi connectivity index (χ3v) is 5.41. The molecule has 0 bridgehead atoms. The average molecular weight is 452 g/mol. The van der Waals surface area contributed by atoms with Gasteiger partial charge in [-0.15, -0.1) is 0 Å². The summed E-state index contributed by atoms with van der Waals surface area (Å²) in [5, 5.41) is 20.4. The molecule has 11 nitrogen and oxygen atoms in total. The highest BCUT2D eigenvalue weighted by Gasteiger charge is 2.29. The van der Waals surface area contributed by atoms with Crippen LogP contribution in [-0.2, 0) is 18.2 Å². The molecule has 1 aliphatic heterocycles. The Balaban J connectivity index is 1.39.